The summed E-state index contributed by atoms with van der Waals surface area (Å²) in [5, 5.41) is 7.93. The van der Waals surface area contributed by atoms with Crippen LogP contribution in [-0.4, -0.2) is 26.4 Å². The van der Waals surface area contributed by atoms with Crippen molar-refractivity contribution in [3.05, 3.63) is 34.5 Å². The van der Waals surface area contributed by atoms with Gasteiger partial charge in [-0.1, -0.05) is 11.6 Å². The number of anilines is 1. The van der Waals surface area contributed by atoms with Crippen LogP contribution >= 0.6 is 11.6 Å². The molecule has 2 heterocycles. The summed E-state index contributed by atoms with van der Waals surface area (Å²) in [6, 6.07) is 1.70. The lowest BCUT2D eigenvalue weighted by atomic mass is 10.2. The van der Waals surface area contributed by atoms with Gasteiger partial charge < -0.3 is 10.1 Å². The number of aromatic nitrogens is 4. The first-order chi connectivity index (χ1) is 9.58. The van der Waals surface area contributed by atoms with E-state index in [0.717, 1.165) is 11.3 Å². The summed E-state index contributed by atoms with van der Waals surface area (Å²) >= 11 is 5.98. The van der Waals surface area contributed by atoms with Crippen molar-refractivity contribution in [3.63, 3.8) is 0 Å². The fourth-order valence-electron chi connectivity index (χ4n) is 1.82. The predicted molar refractivity (Wildman–Crippen MR) is 77.6 cm³/mol. The fraction of sp³-hybridized carbons (Fsp3) is 0.462. The van der Waals surface area contributed by atoms with E-state index < -0.39 is 0 Å². The molecule has 0 unspecified atom stereocenters. The SMILES string of the molecule is CCOCc1nc(Cl)cc(NCc2cn(C)nc2C)n1. The van der Waals surface area contributed by atoms with E-state index in [1.54, 1.807) is 10.7 Å². The average Bonchev–Trinajstić information content (AvgIpc) is 2.72. The molecule has 2 aromatic rings. The van der Waals surface area contributed by atoms with E-state index in [-0.39, 0.29) is 0 Å². The summed E-state index contributed by atoms with van der Waals surface area (Å²) in [6.45, 7) is 5.52. The lowest BCUT2D eigenvalue weighted by Gasteiger charge is -2.07. The Labute approximate surface area is 123 Å². The maximum Gasteiger partial charge on any atom is 0.158 e. The second kappa shape index (κ2) is 6.67. The molecule has 0 atom stereocenters. The Morgan fingerprint density at radius 3 is 2.85 bits per heavy atom. The first-order valence-corrected chi connectivity index (χ1v) is 6.80. The monoisotopic (exact) mass is 295 g/mol. The first-order valence-electron chi connectivity index (χ1n) is 6.42. The summed E-state index contributed by atoms with van der Waals surface area (Å²) in [4.78, 5) is 8.48. The van der Waals surface area contributed by atoms with Gasteiger partial charge in [0.2, 0.25) is 0 Å². The van der Waals surface area contributed by atoms with Crippen LogP contribution in [0.1, 0.15) is 24.0 Å². The average molecular weight is 296 g/mol. The Hall–Kier alpha value is -1.66. The minimum absolute atomic E-state index is 0.359. The normalized spacial score (nSPS) is 10.8. The van der Waals surface area contributed by atoms with E-state index in [4.69, 9.17) is 16.3 Å². The van der Waals surface area contributed by atoms with Crippen molar-refractivity contribution in [1.82, 2.24) is 19.7 Å². The molecule has 7 heteroatoms. The number of aryl methyl sites for hydroxylation is 2. The van der Waals surface area contributed by atoms with Gasteiger partial charge in [-0.3, -0.25) is 4.68 Å². The molecule has 2 rings (SSSR count). The van der Waals surface area contributed by atoms with Gasteiger partial charge in [-0.15, -0.1) is 0 Å². The zero-order valence-electron chi connectivity index (χ0n) is 11.9. The van der Waals surface area contributed by atoms with Gasteiger partial charge in [0.1, 0.15) is 17.6 Å². The Balaban J connectivity index is 2.05. The fourth-order valence-corrected chi connectivity index (χ4v) is 2.02. The van der Waals surface area contributed by atoms with Crippen molar-refractivity contribution >= 4 is 17.4 Å². The molecule has 0 saturated carbocycles. The van der Waals surface area contributed by atoms with Crippen LogP contribution in [0, 0.1) is 6.92 Å². The van der Waals surface area contributed by atoms with E-state index in [9.17, 15) is 0 Å². The van der Waals surface area contributed by atoms with Gasteiger partial charge in [0.25, 0.3) is 0 Å². The van der Waals surface area contributed by atoms with Gasteiger partial charge in [-0.2, -0.15) is 5.10 Å². The number of ether oxygens (including phenoxy) is 1. The van der Waals surface area contributed by atoms with Crippen LogP contribution in [0.5, 0.6) is 0 Å². The molecule has 0 radical (unpaired) electrons. The van der Waals surface area contributed by atoms with E-state index in [1.807, 2.05) is 27.1 Å². The zero-order valence-corrected chi connectivity index (χ0v) is 12.6. The molecule has 0 aliphatic heterocycles. The number of hydrogen-bond donors (Lipinski definition) is 1. The molecule has 0 amide bonds. The topological polar surface area (TPSA) is 64.9 Å². The molecular formula is C13H18ClN5O. The molecule has 6 nitrogen and oxygen atoms in total. The van der Waals surface area contributed by atoms with Crippen molar-refractivity contribution < 1.29 is 4.74 Å². The molecule has 0 bridgehead atoms. The second-order valence-corrected chi connectivity index (χ2v) is 4.78. The smallest absolute Gasteiger partial charge is 0.158 e. The Morgan fingerprint density at radius 1 is 1.40 bits per heavy atom. The third-order valence-electron chi connectivity index (χ3n) is 2.75. The first kappa shape index (κ1) is 14.7. The molecule has 0 fully saturated rings. The van der Waals surface area contributed by atoms with E-state index in [2.05, 4.69) is 20.4 Å². The van der Waals surface area contributed by atoms with Crippen LogP contribution in [0.25, 0.3) is 0 Å². The van der Waals surface area contributed by atoms with Crippen LogP contribution < -0.4 is 5.32 Å². The Bertz CT molecular complexity index is 584. The van der Waals surface area contributed by atoms with Crippen LogP contribution in [0.4, 0.5) is 5.82 Å². The number of nitrogens with one attached hydrogen (secondary N) is 1. The van der Waals surface area contributed by atoms with Crippen molar-refractivity contribution in [1.29, 1.82) is 0 Å². The van der Waals surface area contributed by atoms with E-state index in [0.29, 0.717) is 36.6 Å². The van der Waals surface area contributed by atoms with Gasteiger partial charge in [0.05, 0.1) is 5.69 Å². The molecule has 0 aromatic carbocycles. The minimum atomic E-state index is 0.359. The van der Waals surface area contributed by atoms with Crippen molar-refractivity contribution in [2.24, 2.45) is 7.05 Å². The Kier molecular flexibility index (Phi) is 4.92. The molecule has 0 aliphatic rings. The van der Waals surface area contributed by atoms with Gasteiger partial charge in [0.15, 0.2) is 5.82 Å². The standard InChI is InChI=1S/C13H18ClN5O/c1-4-20-8-13-16-11(14)5-12(17-13)15-6-10-7-19(3)18-9(10)2/h5,7H,4,6,8H2,1-3H3,(H,15,16,17). The summed E-state index contributed by atoms with van der Waals surface area (Å²) in [7, 11) is 1.90. The lowest BCUT2D eigenvalue weighted by molar-refractivity contribution is 0.128. The van der Waals surface area contributed by atoms with Crippen LogP contribution in [0.2, 0.25) is 5.15 Å². The van der Waals surface area contributed by atoms with Gasteiger partial charge in [-0.05, 0) is 13.8 Å². The summed E-state index contributed by atoms with van der Waals surface area (Å²) in [5.74, 6) is 1.26. The third-order valence-corrected chi connectivity index (χ3v) is 2.95. The van der Waals surface area contributed by atoms with Crippen LogP contribution in [-0.2, 0) is 24.9 Å². The lowest BCUT2D eigenvalue weighted by Crippen LogP contribution is -2.06. The maximum atomic E-state index is 5.98. The number of nitrogens with zero attached hydrogens (tertiary/aromatic N) is 4. The molecule has 0 aliphatic carbocycles. The van der Waals surface area contributed by atoms with Crippen molar-refractivity contribution in [2.45, 2.75) is 27.0 Å². The number of rotatable bonds is 6. The van der Waals surface area contributed by atoms with Gasteiger partial charge >= 0.3 is 0 Å². The second-order valence-electron chi connectivity index (χ2n) is 4.40. The highest BCUT2D eigenvalue weighted by atomic mass is 35.5. The van der Waals surface area contributed by atoms with Gasteiger partial charge in [0, 0.05) is 38.0 Å². The maximum absolute atomic E-state index is 5.98. The summed E-state index contributed by atoms with van der Waals surface area (Å²) < 4.78 is 7.08. The molecule has 108 valence electrons. The van der Waals surface area contributed by atoms with Crippen molar-refractivity contribution in [3.8, 4) is 0 Å². The molecule has 20 heavy (non-hydrogen) atoms. The number of hydrogen-bond acceptors (Lipinski definition) is 5. The quantitative estimate of drug-likeness (QED) is 0.829. The highest BCUT2D eigenvalue weighted by molar-refractivity contribution is 6.29. The number of halogens is 1. The summed E-state index contributed by atoms with van der Waals surface area (Å²) in [5.41, 5.74) is 2.11. The van der Waals surface area contributed by atoms with Crippen LogP contribution in [0.15, 0.2) is 12.3 Å². The molecule has 0 spiro atoms. The highest BCUT2D eigenvalue weighted by Gasteiger charge is 2.06. The zero-order chi connectivity index (χ0) is 14.5. The summed E-state index contributed by atoms with van der Waals surface area (Å²) in [6.07, 6.45) is 1.98. The molecule has 0 saturated heterocycles. The Morgan fingerprint density at radius 2 is 2.20 bits per heavy atom. The highest BCUT2D eigenvalue weighted by Crippen LogP contribution is 2.14. The molecule has 2 aromatic heterocycles. The largest absolute Gasteiger partial charge is 0.374 e. The molecule has 1 N–H and O–H groups in total. The predicted octanol–water partition coefficient (Wildman–Crippen LogP) is 2.32. The van der Waals surface area contributed by atoms with Crippen molar-refractivity contribution in [2.75, 3.05) is 11.9 Å². The van der Waals surface area contributed by atoms with E-state index in [1.165, 1.54) is 0 Å². The van der Waals surface area contributed by atoms with Gasteiger partial charge in [-0.25, -0.2) is 9.97 Å². The minimum Gasteiger partial charge on any atom is -0.374 e. The molecular weight excluding hydrogens is 278 g/mol. The van der Waals surface area contributed by atoms with Crippen LogP contribution in [0.3, 0.4) is 0 Å². The van der Waals surface area contributed by atoms with E-state index >= 15 is 0 Å². The third kappa shape index (κ3) is 3.91.